The normalized spacial score (nSPS) is 11.9. The second-order valence-corrected chi connectivity index (χ2v) is 4.95. The van der Waals surface area contributed by atoms with Crippen LogP contribution in [-0.2, 0) is 9.53 Å². The molecule has 7 nitrogen and oxygen atoms in total. The van der Waals surface area contributed by atoms with Crippen LogP contribution in [0.3, 0.4) is 0 Å². The Bertz CT molecular complexity index is 682. The second kappa shape index (κ2) is 7.55. The number of ether oxygens (including phenoxy) is 1. The molecule has 2 aromatic rings. The largest absolute Gasteiger partial charge is 0.480 e. The Labute approximate surface area is 133 Å². The number of carbonyl (C=O) groups is 2. The quantitative estimate of drug-likeness (QED) is 0.808. The predicted octanol–water partition coefficient (Wildman–Crippen LogP) is 1.87. The fourth-order valence-corrected chi connectivity index (χ4v) is 2.09. The van der Waals surface area contributed by atoms with Gasteiger partial charge in [0.25, 0.3) is 5.91 Å². The Morgan fingerprint density at radius 3 is 2.74 bits per heavy atom. The molecule has 1 unspecified atom stereocenters. The van der Waals surface area contributed by atoms with Crippen LogP contribution in [-0.4, -0.2) is 41.7 Å². The van der Waals surface area contributed by atoms with Crippen molar-refractivity contribution in [1.29, 1.82) is 0 Å². The Morgan fingerprint density at radius 2 is 2.17 bits per heavy atom. The first kappa shape index (κ1) is 16.7. The molecular formula is C16H18N2O5. The average molecular weight is 318 g/mol. The number of aromatic nitrogens is 1. The van der Waals surface area contributed by atoms with E-state index in [-0.39, 0.29) is 13.0 Å². The number of amides is 1. The molecule has 0 saturated heterocycles. The van der Waals surface area contributed by atoms with Gasteiger partial charge in [0.2, 0.25) is 0 Å². The summed E-state index contributed by atoms with van der Waals surface area (Å²) in [7, 11) is 1.47. The van der Waals surface area contributed by atoms with Crippen LogP contribution in [0.25, 0.3) is 11.5 Å². The number of carboxylic acids is 1. The van der Waals surface area contributed by atoms with E-state index in [0.29, 0.717) is 22.7 Å². The number of hydrogen-bond donors (Lipinski definition) is 2. The van der Waals surface area contributed by atoms with E-state index in [9.17, 15) is 9.59 Å². The van der Waals surface area contributed by atoms with Crippen molar-refractivity contribution in [2.75, 3.05) is 13.7 Å². The van der Waals surface area contributed by atoms with Crippen LogP contribution in [0, 0.1) is 6.92 Å². The zero-order valence-electron chi connectivity index (χ0n) is 12.9. The summed E-state index contributed by atoms with van der Waals surface area (Å²) in [6.45, 7) is 1.93. The third kappa shape index (κ3) is 4.17. The molecule has 2 rings (SSSR count). The number of pyridine rings is 1. The van der Waals surface area contributed by atoms with Gasteiger partial charge in [-0.25, -0.2) is 9.78 Å². The van der Waals surface area contributed by atoms with E-state index in [0.717, 1.165) is 0 Å². The first-order valence-electron chi connectivity index (χ1n) is 7.07. The van der Waals surface area contributed by atoms with E-state index in [1.54, 1.807) is 37.5 Å². The number of methoxy groups -OCH3 is 1. The zero-order valence-corrected chi connectivity index (χ0v) is 12.9. The molecule has 0 aliphatic carbocycles. The number of nitrogens with zero attached hydrogens (tertiary/aromatic N) is 1. The van der Waals surface area contributed by atoms with Crippen LogP contribution in [0.15, 0.2) is 34.9 Å². The van der Waals surface area contributed by atoms with Crippen molar-refractivity contribution in [3.05, 3.63) is 41.8 Å². The summed E-state index contributed by atoms with van der Waals surface area (Å²) in [6.07, 6.45) is 1.73. The van der Waals surface area contributed by atoms with Gasteiger partial charge in [0.05, 0.1) is 17.5 Å². The lowest BCUT2D eigenvalue weighted by Crippen LogP contribution is -2.41. The number of carboxylic acid groups (broad SMARTS) is 1. The van der Waals surface area contributed by atoms with Crippen LogP contribution >= 0.6 is 0 Å². The molecule has 122 valence electrons. The van der Waals surface area contributed by atoms with Crippen molar-refractivity contribution >= 4 is 11.9 Å². The van der Waals surface area contributed by atoms with Crippen molar-refractivity contribution in [1.82, 2.24) is 10.3 Å². The van der Waals surface area contributed by atoms with Gasteiger partial charge >= 0.3 is 5.97 Å². The zero-order chi connectivity index (χ0) is 16.8. The summed E-state index contributed by atoms with van der Waals surface area (Å²) in [5.74, 6) is -0.985. The monoisotopic (exact) mass is 318 g/mol. The summed E-state index contributed by atoms with van der Waals surface area (Å²) in [5, 5.41) is 11.6. The van der Waals surface area contributed by atoms with Gasteiger partial charge in [-0.05, 0) is 31.2 Å². The molecule has 23 heavy (non-hydrogen) atoms. The Hall–Kier alpha value is -2.67. The summed E-state index contributed by atoms with van der Waals surface area (Å²) in [5.41, 5.74) is 1.43. The van der Waals surface area contributed by atoms with E-state index >= 15 is 0 Å². The first-order chi connectivity index (χ1) is 11.0. The van der Waals surface area contributed by atoms with Crippen molar-refractivity contribution in [3.8, 4) is 11.5 Å². The lowest BCUT2D eigenvalue weighted by atomic mass is 10.1. The molecule has 1 atom stereocenters. The molecule has 0 bridgehead atoms. The van der Waals surface area contributed by atoms with Gasteiger partial charge in [-0.2, -0.15) is 0 Å². The highest BCUT2D eigenvalue weighted by Crippen LogP contribution is 2.19. The minimum atomic E-state index is -1.10. The molecule has 0 fully saturated rings. The van der Waals surface area contributed by atoms with Crippen molar-refractivity contribution in [2.45, 2.75) is 19.4 Å². The van der Waals surface area contributed by atoms with Gasteiger partial charge in [0.15, 0.2) is 5.76 Å². The third-order valence-electron chi connectivity index (χ3n) is 3.32. The fourth-order valence-electron chi connectivity index (χ4n) is 2.09. The fraction of sp³-hybridized carbons (Fsp3) is 0.312. The molecule has 2 N–H and O–H groups in total. The van der Waals surface area contributed by atoms with Crippen LogP contribution in [0.5, 0.6) is 0 Å². The lowest BCUT2D eigenvalue weighted by molar-refractivity contribution is -0.139. The van der Waals surface area contributed by atoms with Gasteiger partial charge in [-0.1, -0.05) is 0 Å². The molecule has 0 aromatic carbocycles. The van der Waals surface area contributed by atoms with Gasteiger partial charge in [-0.3, -0.25) is 4.79 Å². The van der Waals surface area contributed by atoms with E-state index in [1.165, 1.54) is 7.11 Å². The van der Waals surface area contributed by atoms with E-state index < -0.39 is 17.9 Å². The smallest absolute Gasteiger partial charge is 0.326 e. The Balaban J connectivity index is 2.14. The SMILES string of the molecule is COCCC(NC(=O)c1ccc(-c2ccco2)nc1C)C(=O)O. The van der Waals surface area contributed by atoms with Crippen LogP contribution < -0.4 is 5.32 Å². The standard InChI is InChI=1S/C16H18N2O5/c1-10-11(5-6-12(17-10)14-4-3-8-23-14)15(19)18-13(16(20)21)7-9-22-2/h3-6,8,13H,7,9H2,1-2H3,(H,18,19)(H,20,21). The van der Waals surface area contributed by atoms with E-state index in [2.05, 4.69) is 10.3 Å². The maximum absolute atomic E-state index is 12.3. The van der Waals surface area contributed by atoms with Gasteiger partial charge in [0, 0.05) is 20.1 Å². The van der Waals surface area contributed by atoms with E-state index in [1.807, 2.05) is 0 Å². The summed E-state index contributed by atoms with van der Waals surface area (Å²) < 4.78 is 10.1. The van der Waals surface area contributed by atoms with Crippen molar-refractivity contribution in [3.63, 3.8) is 0 Å². The molecule has 1 amide bonds. The molecule has 0 aliphatic heterocycles. The molecule has 2 aromatic heterocycles. The molecule has 0 saturated carbocycles. The van der Waals surface area contributed by atoms with Gasteiger partial charge in [-0.15, -0.1) is 0 Å². The van der Waals surface area contributed by atoms with E-state index in [4.69, 9.17) is 14.3 Å². The highest BCUT2D eigenvalue weighted by Gasteiger charge is 2.21. The first-order valence-corrected chi connectivity index (χ1v) is 7.07. The molecule has 0 spiro atoms. The average Bonchev–Trinajstić information content (AvgIpc) is 3.05. The van der Waals surface area contributed by atoms with Crippen LogP contribution in [0.4, 0.5) is 0 Å². The predicted molar refractivity (Wildman–Crippen MR) is 82.1 cm³/mol. The maximum atomic E-state index is 12.3. The maximum Gasteiger partial charge on any atom is 0.326 e. The van der Waals surface area contributed by atoms with Gasteiger partial charge in [0.1, 0.15) is 11.7 Å². The number of nitrogens with one attached hydrogen (secondary N) is 1. The number of rotatable bonds is 7. The van der Waals surface area contributed by atoms with Crippen molar-refractivity contribution < 1.29 is 23.8 Å². The number of aliphatic carboxylic acids is 1. The molecule has 2 heterocycles. The minimum absolute atomic E-state index is 0.189. The van der Waals surface area contributed by atoms with Crippen molar-refractivity contribution in [2.24, 2.45) is 0 Å². The molecule has 0 radical (unpaired) electrons. The number of furan rings is 1. The number of hydrogen-bond acceptors (Lipinski definition) is 5. The minimum Gasteiger partial charge on any atom is -0.480 e. The summed E-state index contributed by atoms with van der Waals surface area (Å²) in [4.78, 5) is 27.8. The second-order valence-electron chi connectivity index (χ2n) is 4.95. The summed E-state index contributed by atoms with van der Waals surface area (Å²) in [6, 6.07) is 5.77. The van der Waals surface area contributed by atoms with Gasteiger partial charge < -0.3 is 19.6 Å². The highest BCUT2D eigenvalue weighted by atomic mass is 16.5. The Kier molecular flexibility index (Phi) is 5.48. The third-order valence-corrected chi connectivity index (χ3v) is 3.32. The number of aryl methyl sites for hydroxylation is 1. The Morgan fingerprint density at radius 1 is 1.39 bits per heavy atom. The van der Waals surface area contributed by atoms with Crippen LogP contribution in [0.2, 0.25) is 0 Å². The number of carbonyl (C=O) groups excluding carboxylic acids is 1. The highest BCUT2D eigenvalue weighted by molar-refractivity contribution is 5.97. The summed E-state index contributed by atoms with van der Waals surface area (Å²) >= 11 is 0. The lowest BCUT2D eigenvalue weighted by Gasteiger charge is -2.15. The van der Waals surface area contributed by atoms with Crippen LogP contribution in [0.1, 0.15) is 22.5 Å². The topological polar surface area (TPSA) is 102 Å². The molecular weight excluding hydrogens is 300 g/mol. The molecule has 0 aliphatic rings. The molecule has 7 heteroatoms.